The lowest BCUT2D eigenvalue weighted by atomic mass is 10.1. The summed E-state index contributed by atoms with van der Waals surface area (Å²) in [7, 11) is 0. The summed E-state index contributed by atoms with van der Waals surface area (Å²) in [6.07, 6.45) is -0.499. The van der Waals surface area contributed by atoms with Gasteiger partial charge in [0.15, 0.2) is 6.10 Å². The Balaban J connectivity index is 2.24. The Morgan fingerprint density at radius 1 is 1.20 bits per heavy atom. The number of ether oxygens (including phenoxy) is 1. The van der Waals surface area contributed by atoms with Gasteiger partial charge < -0.3 is 9.84 Å². The lowest BCUT2D eigenvalue weighted by Gasteiger charge is -2.15. The lowest BCUT2D eigenvalue weighted by molar-refractivity contribution is -0.145. The highest BCUT2D eigenvalue weighted by Gasteiger charge is 2.18. The van der Waals surface area contributed by atoms with Crippen LogP contribution in [-0.2, 0) is 4.79 Å². The zero-order chi connectivity index (χ0) is 14.5. The van der Waals surface area contributed by atoms with Crippen molar-refractivity contribution in [2.75, 3.05) is 0 Å². The van der Waals surface area contributed by atoms with E-state index in [4.69, 9.17) is 21.4 Å². The highest BCUT2D eigenvalue weighted by Crippen LogP contribution is 2.31. The Hall–Kier alpha value is -2.00. The van der Waals surface area contributed by atoms with Crippen molar-refractivity contribution in [2.24, 2.45) is 0 Å². The van der Waals surface area contributed by atoms with Gasteiger partial charge in [-0.1, -0.05) is 54.9 Å². The van der Waals surface area contributed by atoms with Gasteiger partial charge in [0, 0.05) is 0 Å². The number of hydrogen-bond acceptors (Lipinski definition) is 2. The van der Waals surface area contributed by atoms with Crippen molar-refractivity contribution in [1.29, 1.82) is 0 Å². The first-order valence-corrected chi connectivity index (χ1v) is 6.74. The van der Waals surface area contributed by atoms with Crippen LogP contribution in [0.25, 0.3) is 11.1 Å². The standard InChI is InChI=1S/C16H15ClO3/c1-2-14(16(18)19)20-15-9-8-12(10-13(15)17)11-6-4-3-5-7-11/h3-10,14H,2H2,1H3,(H,18,19). The number of hydrogen-bond donors (Lipinski definition) is 1. The molecule has 104 valence electrons. The molecule has 0 saturated heterocycles. The first kappa shape index (κ1) is 14.4. The normalized spacial score (nSPS) is 11.9. The van der Waals surface area contributed by atoms with Crippen molar-refractivity contribution in [3.05, 3.63) is 53.6 Å². The minimum atomic E-state index is -0.990. The van der Waals surface area contributed by atoms with Crippen molar-refractivity contribution in [1.82, 2.24) is 0 Å². The average molecular weight is 291 g/mol. The Morgan fingerprint density at radius 2 is 1.90 bits per heavy atom. The topological polar surface area (TPSA) is 46.5 Å². The molecule has 0 heterocycles. The molecule has 0 bridgehead atoms. The minimum Gasteiger partial charge on any atom is -0.479 e. The molecule has 0 saturated carbocycles. The minimum absolute atomic E-state index is 0.381. The third-order valence-corrected chi connectivity index (χ3v) is 3.25. The molecule has 3 nitrogen and oxygen atoms in total. The van der Waals surface area contributed by atoms with E-state index in [0.29, 0.717) is 17.2 Å². The van der Waals surface area contributed by atoms with E-state index < -0.39 is 12.1 Å². The fourth-order valence-corrected chi connectivity index (χ4v) is 2.09. The van der Waals surface area contributed by atoms with Gasteiger partial charge in [0.1, 0.15) is 5.75 Å². The van der Waals surface area contributed by atoms with E-state index in [1.807, 2.05) is 36.4 Å². The number of carboxylic acids is 1. The molecule has 2 aromatic carbocycles. The maximum atomic E-state index is 11.0. The van der Waals surface area contributed by atoms with Crippen molar-refractivity contribution in [3.63, 3.8) is 0 Å². The molecule has 0 amide bonds. The van der Waals surface area contributed by atoms with Crippen molar-refractivity contribution in [2.45, 2.75) is 19.4 Å². The Morgan fingerprint density at radius 3 is 2.45 bits per heavy atom. The maximum Gasteiger partial charge on any atom is 0.344 e. The number of halogens is 1. The molecule has 20 heavy (non-hydrogen) atoms. The van der Waals surface area contributed by atoms with Crippen LogP contribution >= 0.6 is 11.6 Å². The van der Waals surface area contributed by atoms with E-state index in [0.717, 1.165) is 11.1 Å². The number of benzene rings is 2. The summed E-state index contributed by atoms with van der Waals surface area (Å²) in [6.45, 7) is 1.75. The number of carboxylic acid groups (broad SMARTS) is 1. The maximum absolute atomic E-state index is 11.0. The SMILES string of the molecule is CCC(Oc1ccc(-c2ccccc2)cc1Cl)C(=O)O. The van der Waals surface area contributed by atoms with Gasteiger partial charge in [-0.3, -0.25) is 0 Å². The van der Waals surface area contributed by atoms with E-state index in [2.05, 4.69) is 0 Å². The molecule has 0 fully saturated rings. The molecule has 0 aliphatic heterocycles. The first-order chi connectivity index (χ1) is 9.61. The predicted molar refractivity (Wildman–Crippen MR) is 79.2 cm³/mol. The second kappa shape index (κ2) is 6.44. The molecule has 0 radical (unpaired) electrons. The van der Waals surface area contributed by atoms with Crippen LogP contribution in [0.15, 0.2) is 48.5 Å². The summed E-state index contributed by atoms with van der Waals surface area (Å²) < 4.78 is 5.42. The number of rotatable bonds is 5. The summed E-state index contributed by atoms with van der Waals surface area (Å²) >= 11 is 6.17. The van der Waals surface area contributed by atoms with Gasteiger partial charge in [0.25, 0.3) is 0 Å². The molecule has 0 aromatic heterocycles. The second-order valence-electron chi connectivity index (χ2n) is 4.36. The monoisotopic (exact) mass is 290 g/mol. The van der Waals surface area contributed by atoms with Crippen LogP contribution in [-0.4, -0.2) is 17.2 Å². The fraction of sp³-hybridized carbons (Fsp3) is 0.188. The van der Waals surface area contributed by atoms with Gasteiger partial charge in [-0.05, 0) is 29.7 Å². The lowest BCUT2D eigenvalue weighted by Crippen LogP contribution is -2.26. The van der Waals surface area contributed by atoms with Crippen molar-refractivity contribution < 1.29 is 14.6 Å². The van der Waals surface area contributed by atoms with Crippen LogP contribution in [0.1, 0.15) is 13.3 Å². The van der Waals surface area contributed by atoms with E-state index >= 15 is 0 Å². The Bertz CT molecular complexity index is 596. The number of aliphatic carboxylic acids is 1. The summed E-state index contributed by atoms with van der Waals surface area (Å²) in [4.78, 5) is 11.0. The summed E-state index contributed by atoms with van der Waals surface area (Å²) in [5, 5.41) is 9.40. The van der Waals surface area contributed by atoms with Gasteiger partial charge >= 0.3 is 5.97 Å². The average Bonchev–Trinajstić information content (AvgIpc) is 2.46. The van der Waals surface area contributed by atoms with E-state index in [1.165, 1.54) is 0 Å². The third kappa shape index (κ3) is 3.31. The molecule has 1 N–H and O–H groups in total. The van der Waals surface area contributed by atoms with Crippen LogP contribution in [0.3, 0.4) is 0 Å². The van der Waals surface area contributed by atoms with E-state index in [1.54, 1.807) is 19.1 Å². The molecule has 4 heteroatoms. The molecular formula is C16H15ClO3. The molecular weight excluding hydrogens is 276 g/mol. The van der Waals surface area contributed by atoms with Crippen molar-refractivity contribution >= 4 is 17.6 Å². The van der Waals surface area contributed by atoms with E-state index in [-0.39, 0.29) is 0 Å². The molecule has 2 rings (SSSR count). The van der Waals surface area contributed by atoms with Crippen LogP contribution in [0.2, 0.25) is 5.02 Å². The summed E-state index contributed by atoms with van der Waals surface area (Å²) in [5.41, 5.74) is 2.01. The smallest absolute Gasteiger partial charge is 0.344 e. The summed E-state index contributed by atoms with van der Waals surface area (Å²) in [6, 6.07) is 15.2. The highest BCUT2D eigenvalue weighted by molar-refractivity contribution is 6.32. The highest BCUT2D eigenvalue weighted by atomic mass is 35.5. The van der Waals surface area contributed by atoms with Crippen LogP contribution in [0.5, 0.6) is 5.75 Å². The van der Waals surface area contributed by atoms with Gasteiger partial charge in [0.05, 0.1) is 5.02 Å². The molecule has 2 aromatic rings. The molecule has 0 aliphatic rings. The third-order valence-electron chi connectivity index (χ3n) is 2.95. The van der Waals surface area contributed by atoms with Gasteiger partial charge in [-0.2, -0.15) is 0 Å². The quantitative estimate of drug-likeness (QED) is 0.895. The predicted octanol–water partition coefficient (Wildman–Crippen LogP) is 4.25. The van der Waals surface area contributed by atoms with Gasteiger partial charge in [-0.15, -0.1) is 0 Å². The van der Waals surface area contributed by atoms with Gasteiger partial charge in [-0.25, -0.2) is 4.79 Å². The second-order valence-corrected chi connectivity index (χ2v) is 4.77. The Kier molecular flexibility index (Phi) is 4.64. The van der Waals surface area contributed by atoms with Crippen LogP contribution < -0.4 is 4.74 Å². The number of carbonyl (C=O) groups is 1. The van der Waals surface area contributed by atoms with Gasteiger partial charge in [0.2, 0.25) is 0 Å². The first-order valence-electron chi connectivity index (χ1n) is 6.36. The zero-order valence-corrected chi connectivity index (χ0v) is 11.8. The summed E-state index contributed by atoms with van der Waals surface area (Å²) in [5.74, 6) is -0.601. The molecule has 0 aliphatic carbocycles. The van der Waals surface area contributed by atoms with E-state index in [9.17, 15) is 4.79 Å². The fourth-order valence-electron chi connectivity index (χ4n) is 1.87. The largest absolute Gasteiger partial charge is 0.479 e. The molecule has 0 spiro atoms. The Labute approximate surface area is 122 Å². The van der Waals surface area contributed by atoms with Crippen LogP contribution in [0, 0.1) is 0 Å². The van der Waals surface area contributed by atoms with Crippen molar-refractivity contribution in [3.8, 4) is 16.9 Å². The molecule has 1 unspecified atom stereocenters. The van der Waals surface area contributed by atoms with Crippen LogP contribution in [0.4, 0.5) is 0 Å². The molecule has 1 atom stereocenters. The zero-order valence-electron chi connectivity index (χ0n) is 11.0.